The van der Waals surface area contributed by atoms with Crippen LogP contribution in [0, 0.1) is 0 Å². The average Bonchev–Trinajstić information content (AvgIpc) is 2.64. The molecule has 0 aliphatic carbocycles. The third kappa shape index (κ3) is 1.78. The first kappa shape index (κ1) is 13.0. The van der Waals surface area contributed by atoms with Gasteiger partial charge >= 0.3 is 0 Å². The van der Waals surface area contributed by atoms with Crippen LogP contribution in [0.1, 0.15) is 33.6 Å². The molecule has 5 nitrogen and oxygen atoms in total. The summed E-state index contributed by atoms with van der Waals surface area (Å²) in [6.45, 7) is 3.69. The van der Waals surface area contributed by atoms with Crippen LogP contribution in [0.4, 0.5) is 0 Å². The Balaban J connectivity index is 2.00. The molecule has 0 bridgehead atoms. The Morgan fingerprint density at radius 3 is 2.65 bits per heavy atom. The molecule has 2 heterocycles. The van der Waals surface area contributed by atoms with Gasteiger partial charge in [-0.3, -0.25) is 19.3 Å². The molecule has 102 valence electrons. The molecule has 3 rings (SSSR count). The van der Waals surface area contributed by atoms with E-state index in [4.69, 9.17) is 0 Å². The summed E-state index contributed by atoms with van der Waals surface area (Å²) in [6.07, 6.45) is 0.986. The Morgan fingerprint density at radius 2 is 2.00 bits per heavy atom. The van der Waals surface area contributed by atoms with Gasteiger partial charge in [-0.05, 0) is 24.2 Å². The van der Waals surface area contributed by atoms with Crippen LogP contribution in [0.3, 0.4) is 0 Å². The Labute approximate surface area is 118 Å². The number of carbonyl (C=O) groups excluding carboxylic acids is 3. The lowest BCUT2D eigenvalue weighted by Crippen LogP contribution is -2.51. The van der Waals surface area contributed by atoms with Crippen LogP contribution in [0.25, 0.3) is 0 Å². The molecule has 2 unspecified atom stereocenters. The van der Waals surface area contributed by atoms with Gasteiger partial charge in [-0.15, -0.1) is 9.24 Å². The van der Waals surface area contributed by atoms with Crippen LogP contribution in [0.15, 0.2) is 30.5 Å². The van der Waals surface area contributed by atoms with Gasteiger partial charge in [-0.2, -0.15) is 0 Å². The second-order valence-electron chi connectivity index (χ2n) is 4.90. The number of allylic oxidation sites excluding steroid dienone is 1. The van der Waals surface area contributed by atoms with Gasteiger partial charge in [0.15, 0.2) is 0 Å². The monoisotopic (exact) mass is 288 g/mol. The van der Waals surface area contributed by atoms with Crippen molar-refractivity contribution in [1.29, 1.82) is 0 Å². The lowest BCUT2D eigenvalue weighted by Gasteiger charge is -2.29. The molecule has 1 fully saturated rings. The predicted octanol–water partition coefficient (Wildman–Crippen LogP) is 0.575. The SMILES string of the molecule is C=C1CCC(N2C(=O)c3cccc(P)c3C2=O)C(=O)N1. The van der Waals surface area contributed by atoms with Crippen molar-refractivity contribution in [1.82, 2.24) is 10.2 Å². The molecule has 1 aromatic rings. The number of hydrogen-bond acceptors (Lipinski definition) is 3. The first-order valence-corrected chi connectivity index (χ1v) is 6.83. The van der Waals surface area contributed by atoms with Crippen molar-refractivity contribution < 1.29 is 14.4 Å². The van der Waals surface area contributed by atoms with Gasteiger partial charge in [0.2, 0.25) is 5.91 Å². The van der Waals surface area contributed by atoms with E-state index in [1.165, 1.54) is 0 Å². The normalized spacial score (nSPS) is 22.1. The first-order valence-electron chi connectivity index (χ1n) is 6.25. The van der Waals surface area contributed by atoms with Gasteiger partial charge in [-0.25, -0.2) is 0 Å². The quantitative estimate of drug-likeness (QED) is 0.607. The number of rotatable bonds is 1. The molecule has 1 N–H and O–H groups in total. The summed E-state index contributed by atoms with van der Waals surface area (Å²) in [5, 5.41) is 3.27. The van der Waals surface area contributed by atoms with Crippen molar-refractivity contribution in [2.24, 2.45) is 0 Å². The number of nitrogens with zero attached hydrogens (tertiary/aromatic N) is 1. The van der Waals surface area contributed by atoms with Gasteiger partial charge < -0.3 is 5.32 Å². The zero-order valence-electron chi connectivity index (χ0n) is 10.7. The molecule has 2 atom stereocenters. The standard InChI is InChI=1S/C14H13N2O3P/c1-7-5-6-9(12(17)15-7)16-13(18)8-3-2-4-10(20)11(8)14(16)19/h2-4,9H,1,5-6,20H2,(H,15,17). The highest BCUT2D eigenvalue weighted by Gasteiger charge is 2.44. The summed E-state index contributed by atoms with van der Waals surface area (Å²) in [5.74, 6) is -1.15. The fraction of sp³-hybridized carbons (Fsp3) is 0.214. The maximum absolute atomic E-state index is 12.4. The predicted molar refractivity (Wildman–Crippen MR) is 76.6 cm³/mol. The molecular weight excluding hydrogens is 275 g/mol. The summed E-state index contributed by atoms with van der Waals surface area (Å²) in [6, 6.07) is 4.33. The number of amides is 3. The highest BCUT2D eigenvalue weighted by molar-refractivity contribution is 7.27. The van der Waals surface area contributed by atoms with E-state index in [0.29, 0.717) is 35.0 Å². The van der Waals surface area contributed by atoms with Crippen LogP contribution in [-0.2, 0) is 4.79 Å². The Bertz CT molecular complexity index is 668. The van der Waals surface area contributed by atoms with Crippen LogP contribution in [0.5, 0.6) is 0 Å². The average molecular weight is 288 g/mol. The minimum atomic E-state index is -0.753. The molecule has 1 aromatic carbocycles. The third-order valence-corrected chi connectivity index (χ3v) is 4.09. The molecule has 1 saturated heterocycles. The number of imide groups is 1. The largest absolute Gasteiger partial charge is 0.329 e. The van der Waals surface area contributed by atoms with Gasteiger partial charge in [0.1, 0.15) is 6.04 Å². The van der Waals surface area contributed by atoms with Crippen LogP contribution in [-0.4, -0.2) is 28.7 Å². The molecule has 20 heavy (non-hydrogen) atoms. The minimum Gasteiger partial charge on any atom is -0.329 e. The van der Waals surface area contributed by atoms with Crippen molar-refractivity contribution in [2.75, 3.05) is 0 Å². The number of benzene rings is 1. The van der Waals surface area contributed by atoms with E-state index < -0.39 is 17.9 Å². The maximum Gasteiger partial charge on any atom is 0.262 e. The lowest BCUT2D eigenvalue weighted by molar-refractivity contribution is -0.125. The zero-order chi connectivity index (χ0) is 14.4. The van der Waals surface area contributed by atoms with Gasteiger partial charge in [0.05, 0.1) is 11.1 Å². The summed E-state index contributed by atoms with van der Waals surface area (Å²) >= 11 is 0. The number of nitrogens with one attached hydrogen (secondary N) is 1. The molecule has 0 spiro atoms. The summed E-state index contributed by atoms with van der Waals surface area (Å²) in [5.41, 5.74) is 1.36. The fourth-order valence-electron chi connectivity index (χ4n) is 2.62. The van der Waals surface area contributed by atoms with Crippen molar-refractivity contribution in [3.05, 3.63) is 41.6 Å². The third-order valence-electron chi connectivity index (χ3n) is 3.61. The van der Waals surface area contributed by atoms with E-state index in [0.717, 1.165) is 4.90 Å². The number of carbonyl (C=O) groups is 3. The summed E-state index contributed by atoms with van der Waals surface area (Å²) in [7, 11) is 2.45. The molecule has 2 aliphatic rings. The summed E-state index contributed by atoms with van der Waals surface area (Å²) in [4.78, 5) is 37.9. The molecule has 0 aromatic heterocycles. The number of fused-ring (bicyclic) bond motifs is 1. The lowest BCUT2D eigenvalue weighted by atomic mass is 10.0. The van der Waals surface area contributed by atoms with Crippen LogP contribution < -0.4 is 10.6 Å². The van der Waals surface area contributed by atoms with Crippen LogP contribution in [0.2, 0.25) is 0 Å². The topological polar surface area (TPSA) is 66.5 Å². The van der Waals surface area contributed by atoms with Crippen molar-refractivity contribution in [2.45, 2.75) is 18.9 Å². The van der Waals surface area contributed by atoms with E-state index in [9.17, 15) is 14.4 Å². The van der Waals surface area contributed by atoms with Gasteiger partial charge in [-0.1, -0.05) is 18.7 Å². The Morgan fingerprint density at radius 1 is 1.25 bits per heavy atom. The zero-order valence-corrected chi connectivity index (χ0v) is 11.8. The molecule has 3 amide bonds. The number of hydrogen-bond donors (Lipinski definition) is 1. The summed E-state index contributed by atoms with van der Waals surface area (Å²) < 4.78 is 0. The smallest absolute Gasteiger partial charge is 0.262 e. The molecule has 6 heteroatoms. The second-order valence-corrected chi connectivity index (χ2v) is 5.52. The molecule has 2 aliphatic heterocycles. The molecular formula is C14H13N2O3P. The maximum atomic E-state index is 12.4. The van der Waals surface area contributed by atoms with Crippen molar-refractivity contribution >= 4 is 32.3 Å². The van der Waals surface area contributed by atoms with Crippen molar-refractivity contribution in [3.63, 3.8) is 0 Å². The Kier molecular flexibility index (Phi) is 2.94. The first-order chi connectivity index (χ1) is 9.50. The van der Waals surface area contributed by atoms with Crippen molar-refractivity contribution in [3.8, 4) is 0 Å². The number of piperidine rings is 1. The van der Waals surface area contributed by atoms with Gasteiger partial charge in [0, 0.05) is 5.70 Å². The minimum absolute atomic E-state index is 0.346. The van der Waals surface area contributed by atoms with Gasteiger partial charge in [0.25, 0.3) is 11.8 Å². The van der Waals surface area contributed by atoms with E-state index in [2.05, 4.69) is 21.1 Å². The van der Waals surface area contributed by atoms with Crippen LogP contribution >= 0.6 is 9.24 Å². The fourth-order valence-corrected chi connectivity index (χ4v) is 3.01. The van der Waals surface area contributed by atoms with E-state index in [1.807, 2.05) is 0 Å². The van der Waals surface area contributed by atoms with E-state index in [-0.39, 0.29) is 5.91 Å². The highest BCUT2D eigenvalue weighted by Crippen LogP contribution is 2.28. The highest BCUT2D eigenvalue weighted by atomic mass is 31.0. The van der Waals surface area contributed by atoms with E-state index >= 15 is 0 Å². The van der Waals surface area contributed by atoms with E-state index in [1.54, 1.807) is 18.2 Å². The Hall–Kier alpha value is -2.00. The molecule has 0 radical (unpaired) electrons. The second kappa shape index (κ2) is 4.53. The molecule has 0 saturated carbocycles.